The first-order valence-electron chi connectivity index (χ1n) is 19.1. The molecule has 0 N–H and O–H groups in total. The van der Waals surface area contributed by atoms with Gasteiger partial charge in [-0.25, -0.2) is 15.0 Å². The highest BCUT2D eigenvalue weighted by Gasteiger charge is 2.37. The van der Waals surface area contributed by atoms with Crippen molar-refractivity contribution in [2.75, 3.05) is 0 Å². The van der Waals surface area contributed by atoms with Crippen molar-refractivity contribution in [1.82, 2.24) is 15.0 Å². The van der Waals surface area contributed by atoms with E-state index in [4.69, 9.17) is 24.1 Å². The normalized spacial score (nSPS) is 14.5. The number of nitrogens with zero attached hydrogens (tertiary/aromatic N) is 3. The number of furan rings is 1. The maximum Gasteiger partial charge on any atom is 0.172 e. The molecule has 274 valence electrons. The Morgan fingerprint density at radius 3 is 1.67 bits per heavy atom. The summed E-state index contributed by atoms with van der Waals surface area (Å²) in [5, 5.41) is 4.01. The predicted molar refractivity (Wildman–Crippen MR) is 234 cm³/mol. The third kappa shape index (κ3) is 5.57. The highest BCUT2D eigenvalue weighted by Crippen LogP contribution is 2.52. The minimum atomic E-state index is -3.62. The third-order valence-electron chi connectivity index (χ3n) is 10.8. The molecule has 0 bridgehead atoms. The van der Waals surface area contributed by atoms with Crippen LogP contribution in [-0.2, 0) is 4.57 Å². The Balaban J connectivity index is 1.23. The van der Waals surface area contributed by atoms with Crippen LogP contribution in [0.3, 0.4) is 0 Å². The van der Waals surface area contributed by atoms with Crippen LogP contribution in [0, 0.1) is 0 Å². The lowest BCUT2D eigenvalue weighted by atomic mass is 9.99. The van der Waals surface area contributed by atoms with Crippen molar-refractivity contribution in [2.45, 2.75) is 0 Å². The van der Waals surface area contributed by atoms with Gasteiger partial charge in [0.15, 0.2) is 24.6 Å². The minimum absolute atomic E-state index is 0.501. The van der Waals surface area contributed by atoms with E-state index in [1.54, 1.807) is 0 Å². The Morgan fingerprint density at radius 1 is 0.379 bits per heavy atom. The average Bonchev–Trinajstić information content (AvgIpc) is 3.67. The molecule has 58 heavy (non-hydrogen) atoms. The number of hydrogen-bond donors (Lipinski definition) is 0. The second kappa shape index (κ2) is 13.7. The molecular formula is C51H32N3O3P. The van der Waals surface area contributed by atoms with E-state index < -0.39 is 7.14 Å². The van der Waals surface area contributed by atoms with E-state index in [1.165, 1.54) is 0 Å². The number of fused-ring (bicyclic) bond motifs is 9. The van der Waals surface area contributed by atoms with Gasteiger partial charge in [-0.05, 0) is 47.5 Å². The lowest BCUT2D eigenvalue weighted by molar-refractivity contribution is 0.486. The van der Waals surface area contributed by atoms with Crippen molar-refractivity contribution in [3.8, 4) is 67.9 Å². The summed E-state index contributed by atoms with van der Waals surface area (Å²) in [6.45, 7) is 0. The van der Waals surface area contributed by atoms with Crippen molar-refractivity contribution in [1.29, 1.82) is 0 Å². The fourth-order valence-corrected chi connectivity index (χ4v) is 11.1. The summed E-state index contributed by atoms with van der Waals surface area (Å²) in [7, 11) is -3.62. The quantitative estimate of drug-likeness (QED) is 0.166. The largest absolute Gasteiger partial charge is 0.456 e. The lowest BCUT2D eigenvalue weighted by Gasteiger charge is -2.28. The third-order valence-corrected chi connectivity index (χ3v) is 14.0. The van der Waals surface area contributed by atoms with Crippen molar-refractivity contribution in [3.63, 3.8) is 0 Å². The zero-order chi connectivity index (χ0) is 38.6. The molecule has 1 atom stereocenters. The molecule has 1 aliphatic heterocycles. The summed E-state index contributed by atoms with van der Waals surface area (Å²) in [6, 6.07) is 63.8. The van der Waals surface area contributed by atoms with Crippen LogP contribution in [0.2, 0.25) is 0 Å². The van der Waals surface area contributed by atoms with Gasteiger partial charge in [0.2, 0.25) is 0 Å². The Kier molecular flexibility index (Phi) is 7.98. The van der Waals surface area contributed by atoms with Crippen molar-refractivity contribution < 1.29 is 13.7 Å². The second-order valence-electron chi connectivity index (χ2n) is 14.3. The van der Waals surface area contributed by atoms with E-state index in [9.17, 15) is 0 Å². The summed E-state index contributed by atoms with van der Waals surface area (Å²) in [5.41, 5.74) is 7.16. The first-order valence-corrected chi connectivity index (χ1v) is 20.8. The van der Waals surface area contributed by atoms with Crippen LogP contribution in [-0.4, -0.2) is 15.0 Å². The van der Waals surface area contributed by atoms with E-state index >= 15 is 4.57 Å². The SMILES string of the molecule is O=P1(c2ccccc2)c2ccccc2-c2ccccc2Oc2cc(-c3nc(-c4ccccc4)nc(-c4ccccc4)n3)ccc2-c2cc3c(cc21)oc1ccccc13. The highest BCUT2D eigenvalue weighted by molar-refractivity contribution is 7.85. The number of hydrogen-bond acceptors (Lipinski definition) is 6. The van der Waals surface area contributed by atoms with Gasteiger partial charge in [0.1, 0.15) is 22.7 Å². The van der Waals surface area contributed by atoms with Gasteiger partial charge in [0.25, 0.3) is 0 Å². The molecule has 10 aromatic rings. The van der Waals surface area contributed by atoms with Crippen molar-refractivity contribution in [2.24, 2.45) is 0 Å². The van der Waals surface area contributed by atoms with Gasteiger partial charge in [0, 0.05) is 54.5 Å². The van der Waals surface area contributed by atoms with Crippen LogP contribution < -0.4 is 20.7 Å². The number of rotatable bonds is 4. The fraction of sp³-hybridized carbons (Fsp3) is 0. The molecule has 8 aromatic carbocycles. The first kappa shape index (κ1) is 33.9. The topological polar surface area (TPSA) is 78.1 Å². The summed E-state index contributed by atoms with van der Waals surface area (Å²) >= 11 is 0. The minimum Gasteiger partial charge on any atom is -0.456 e. The van der Waals surface area contributed by atoms with Gasteiger partial charge in [-0.15, -0.1) is 0 Å². The monoisotopic (exact) mass is 765 g/mol. The molecule has 1 unspecified atom stereocenters. The summed E-state index contributed by atoms with van der Waals surface area (Å²) < 4.78 is 30.3. The Morgan fingerprint density at radius 2 is 0.948 bits per heavy atom. The maximum atomic E-state index is 16.7. The van der Waals surface area contributed by atoms with Crippen LogP contribution in [0.1, 0.15) is 0 Å². The van der Waals surface area contributed by atoms with Crippen LogP contribution in [0.15, 0.2) is 199 Å². The molecule has 11 rings (SSSR count). The van der Waals surface area contributed by atoms with E-state index in [0.717, 1.165) is 65.9 Å². The Bertz CT molecular complexity index is 3180. The summed E-state index contributed by atoms with van der Waals surface area (Å²) in [5.74, 6) is 2.84. The number of ether oxygens (including phenoxy) is 1. The molecule has 6 nitrogen and oxygen atoms in total. The number of benzene rings is 8. The summed E-state index contributed by atoms with van der Waals surface area (Å²) in [6.07, 6.45) is 0. The van der Waals surface area contributed by atoms with Gasteiger partial charge in [0.05, 0.1) is 0 Å². The molecule has 0 spiro atoms. The Hall–Kier alpha value is -7.40. The molecule has 3 heterocycles. The van der Waals surface area contributed by atoms with E-state index in [1.807, 2.05) is 182 Å². The van der Waals surface area contributed by atoms with Gasteiger partial charge < -0.3 is 13.7 Å². The smallest absolute Gasteiger partial charge is 0.172 e. The molecule has 0 saturated heterocycles. The van der Waals surface area contributed by atoms with Crippen LogP contribution >= 0.6 is 7.14 Å². The molecule has 0 aliphatic carbocycles. The van der Waals surface area contributed by atoms with Crippen LogP contribution in [0.5, 0.6) is 11.5 Å². The fourth-order valence-electron chi connectivity index (χ4n) is 8.06. The molecule has 0 radical (unpaired) electrons. The van der Waals surface area contributed by atoms with Crippen LogP contribution in [0.4, 0.5) is 0 Å². The van der Waals surface area contributed by atoms with Gasteiger partial charge in [-0.2, -0.15) is 0 Å². The zero-order valence-electron chi connectivity index (χ0n) is 31.0. The standard InChI is InChI=1S/C51H32N3O3P/c55-58(36-20-8-3-9-21-36)47-27-15-12-24-40(47)37-22-10-13-25-43(37)56-45-30-35(28-29-39(45)42-31-41-38-23-11-14-26-44(38)57-46(41)32-48(42)58)51-53-49(33-16-4-1-5-17-33)52-50(54-51)34-18-6-2-7-19-34/h1-32H. The predicted octanol–water partition coefficient (Wildman–Crippen LogP) is 11.9. The molecule has 1 aliphatic rings. The first-order chi connectivity index (χ1) is 28.6. The number of para-hydroxylation sites is 2. The van der Waals surface area contributed by atoms with E-state index in [0.29, 0.717) is 39.9 Å². The van der Waals surface area contributed by atoms with Crippen molar-refractivity contribution in [3.05, 3.63) is 194 Å². The van der Waals surface area contributed by atoms with Crippen LogP contribution in [0.25, 0.3) is 78.4 Å². The average molecular weight is 766 g/mol. The summed E-state index contributed by atoms with van der Waals surface area (Å²) in [4.78, 5) is 15.0. The van der Waals surface area contributed by atoms with E-state index in [2.05, 4.69) is 12.1 Å². The number of aromatic nitrogens is 3. The zero-order valence-corrected chi connectivity index (χ0v) is 31.9. The highest BCUT2D eigenvalue weighted by atomic mass is 31.2. The maximum absolute atomic E-state index is 16.7. The van der Waals surface area contributed by atoms with E-state index in [-0.39, 0.29) is 0 Å². The van der Waals surface area contributed by atoms with Gasteiger partial charge in [-0.1, -0.05) is 158 Å². The molecule has 0 amide bonds. The molecule has 0 saturated carbocycles. The Labute approximate surface area is 334 Å². The van der Waals surface area contributed by atoms with Gasteiger partial charge in [-0.3, -0.25) is 0 Å². The molecule has 2 aromatic heterocycles. The lowest BCUT2D eigenvalue weighted by Crippen LogP contribution is -2.28. The second-order valence-corrected chi connectivity index (χ2v) is 17.0. The molecule has 0 fully saturated rings. The molecular weight excluding hydrogens is 734 g/mol. The molecule has 7 heteroatoms. The van der Waals surface area contributed by atoms with Gasteiger partial charge >= 0.3 is 0 Å². The van der Waals surface area contributed by atoms with Crippen molar-refractivity contribution >= 4 is 45.0 Å².